The molecular weight excluding hydrogens is 212 g/mol. The van der Waals surface area contributed by atoms with Gasteiger partial charge in [-0.25, -0.2) is 0 Å². The monoisotopic (exact) mass is 230 g/mol. The van der Waals surface area contributed by atoms with Crippen molar-refractivity contribution in [1.29, 1.82) is 0 Å². The first-order chi connectivity index (χ1) is 8.24. The minimum absolute atomic E-state index is 0.913. The molecule has 2 heterocycles. The van der Waals surface area contributed by atoms with Crippen molar-refractivity contribution in [2.45, 2.75) is 13.0 Å². The van der Waals surface area contributed by atoms with Crippen LogP contribution in [0.1, 0.15) is 16.8 Å². The summed E-state index contributed by atoms with van der Waals surface area (Å²) in [5.74, 6) is 0. The molecule has 4 nitrogen and oxygen atoms in total. The van der Waals surface area contributed by atoms with Gasteiger partial charge >= 0.3 is 0 Å². The van der Waals surface area contributed by atoms with Crippen LogP contribution in [0.4, 0.5) is 0 Å². The average molecular weight is 230 g/mol. The number of likely N-dealkylation sites (N-methyl/N-ethyl adjacent to an activating group) is 1. The van der Waals surface area contributed by atoms with E-state index in [1.165, 1.54) is 11.3 Å². The van der Waals surface area contributed by atoms with E-state index in [2.05, 4.69) is 28.0 Å². The van der Waals surface area contributed by atoms with Gasteiger partial charge in [0.1, 0.15) is 0 Å². The largest absolute Gasteiger partial charge is 0.404 e. The minimum atomic E-state index is 0.913. The Morgan fingerprint density at radius 2 is 2.41 bits per heavy atom. The maximum atomic E-state index is 5.60. The van der Waals surface area contributed by atoms with Gasteiger partial charge < -0.3 is 10.6 Å². The minimum Gasteiger partial charge on any atom is -0.404 e. The van der Waals surface area contributed by atoms with Crippen molar-refractivity contribution >= 4 is 11.8 Å². The summed E-state index contributed by atoms with van der Waals surface area (Å²) in [6.45, 7) is 2.03. The van der Waals surface area contributed by atoms with Crippen LogP contribution in [0.3, 0.4) is 0 Å². The van der Waals surface area contributed by atoms with E-state index in [-0.39, 0.29) is 0 Å². The highest BCUT2D eigenvalue weighted by Gasteiger charge is 2.15. The predicted octanol–water partition coefficient (Wildman–Crippen LogP) is 1.07. The van der Waals surface area contributed by atoms with Gasteiger partial charge in [-0.15, -0.1) is 0 Å². The molecule has 0 atom stereocenters. The van der Waals surface area contributed by atoms with E-state index < -0.39 is 0 Å². The zero-order valence-electron chi connectivity index (χ0n) is 10.3. The fourth-order valence-corrected chi connectivity index (χ4v) is 2.08. The number of fused-ring (bicyclic) bond motifs is 1. The molecule has 0 amide bonds. The molecule has 0 bridgehead atoms. The van der Waals surface area contributed by atoms with Crippen LogP contribution in [-0.2, 0) is 13.0 Å². The van der Waals surface area contributed by atoms with E-state index in [4.69, 9.17) is 5.73 Å². The second-order valence-corrected chi connectivity index (χ2v) is 4.33. The third kappa shape index (κ3) is 2.53. The molecule has 0 spiro atoms. The van der Waals surface area contributed by atoms with E-state index in [1.54, 1.807) is 19.5 Å². The lowest BCUT2D eigenvalue weighted by molar-refractivity contribution is 0.310. The summed E-state index contributed by atoms with van der Waals surface area (Å²) in [5, 5.41) is 0. The Kier molecular flexibility index (Phi) is 3.54. The molecule has 4 heteroatoms. The fraction of sp³-hybridized carbons (Fsp3) is 0.385. The molecule has 0 radical (unpaired) electrons. The van der Waals surface area contributed by atoms with Crippen molar-refractivity contribution in [2.75, 3.05) is 20.6 Å². The lowest BCUT2D eigenvalue weighted by atomic mass is 10.0. The Hall–Kier alpha value is -1.68. The van der Waals surface area contributed by atoms with Crippen LogP contribution in [0.5, 0.6) is 0 Å². The molecule has 1 aliphatic heterocycles. The van der Waals surface area contributed by atoms with Gasteiger partial charge in [0.2, 0.25) is 0 Å². The second kappa shape index (κ2) is 5.10. The third-order valence-electron chi connectivity index (χ3n) is 3.01. The first kappa shape index (κ1) is 11.8. The van der Waals surface area contributed by atoms with Gasteiger partial charge in [-0.3, -0.25) is 9.98 Å². The van der Waals surface area contributed by atoms with E-state index in [9.17, 15) is 0 Å². The van der Waals surface area contributed by atoms with Gasteiger partial charge in [0.05, 0.1) is 0 Å². The summed E-state index contributed by atoms with van der Waals surface area (Å²) < 4.78 is 0. The Bertz CT molecular complexity index is 462. The van der Waals surface area contributed by atoms with Crippen LogP contribution in [-0.4, -0.2) is 36.7 Å². The van der Waals surface area contributed by atoms with E-state index in [0.717, 1.165) is 30.6 Å². The Labute approximate surface area is 102 Å². The van der Waals surface area contributed by atoms with Gasteiger partial charge in [0.15, 0.2) is 0 Å². The smallest absolute Gasteiger partial charge is 0.0461 e. The molecule has 0 saturated heterocycles. The number of allylic oxidation sites excluding steroid dienone is 1. The molecule has 0 aliphatic carbocycles. The second-order valence-electron chi connectivity index (χ2n) is 4.33. The molecule has 0 aromatic carbocycles. The average Bonchev–Trinajstić information content (AvgIpc) is 2.35. The molecular formula is C13H18N4. The van der Waals surface area contributed by atoms with Crippen molar-refractivity contribution in [3.63, 3.8) is 0 Å². The van der Waals surface area contributed by atoms with Crippen molar-refractivity contribution in [2.24, 2.45) is 10.7 Å². The predicted molar refractivity (Wildman–Crippen MR) is 70.9 cm³/mol. The number of nitrogens with zero attached hydrogens (tertiary/aromatic N) is 3. The first-order valence-electron chi connectivity index (χ1n) is 5.75. The maximum Gasteiger partial charge on any atom is 0.0461 e. The lowest BCUT2D eigenvalue weighted by Crippen LogP contribution is -2.27. The van der Waals surface area contributed by atoms with Crippen LogP contribution >= 0.6 is 0 Å². The molecule has 1 aliphatic rings. The summed E-state index contributed by atoms with van der Waals surface area (Å²) in [4.78, 5) is 10.8. The third-order valence-corrected chi connectivity index (χ3v) is 3.01. The summed E-state index contributed by atoms with van der Waals surface area (Å²) in [5.41, 5.74) is 10.0. The van der Waals surface area contributed by atoms with Gasteiger partial charge in [-0.1, -0.05) is 0 Å². The van der Waals surface area contributed by atoms with E-state index in [0.29, 0.717) is 0 Å². The molecule has 1 aromatic rings. The number of nitrogens with two attached hydrogens (primary N) is 1. The molecule has 90 valence electrons. The van der Waals surface area contributed by atoms with Crippen molar-refractivity contribution in [3.05, 3.63) is 35.3 Å². The highest BCUT2D eigenvalue weighted by Crippen LogP contribution is 2.20. The zero-order chi connectivity index (χ0) is 12.3. The van der Waals surface area contributed by atoms with E-state index in [1.807, 2.05) is 6.20 Å². The van der Waals surface area contributed by atoms with Crippen molar-refractivity contribution < 1.29 is 0 Å². The van der Waals surface area contributed by atoms with Crippen LogP contribution in [0.2, 0.25) is 0 Å². The lowest BCUT2D eigenvalue weighted by Gasteiger charge is -2.24. The Balaban J connectivity index is 2.35. The van der Waals surface area contributed by atoms with Crippen LogP contribution in [0, 0.1) is 0 Å². The molecule has 0 saturated carbocycles. The van der Waals surface area contributed by atoms with Gasteiger partial charge in [0.25, 0.3) is 0 Å². The zero-order valence-corrected chi connectivity index (χ0v) is 10.3. The number of pyridine rings is 1. The van der Waals surface area contributed by atoms with Gasteiger partial charge in [0, 0.05) is 62.0 Å². The highest BCUT2D eigenvalue weighted by atomic mass is 15.1. The molecule has 17 heavy (non-hydrogen) atoms. The normalized spacial score (nSPS) is 17.4. The standard InChI is InChI=1S/C13H18N4/c1-15-7-12(6-14)10-5-11-9-17(2)4-3-13(11)16-8-10/h5-8H,3-4,9,14H2,1-2H3/b12-6+,15-7?. The maximum absolute atomic E-state index is 5.60. The highest BCUT2D eigenvalue weighted by molar-refractivity contribution is 6.09. The molecule has 2 N–H and O–H groups in total. The number of rotatable bonds is 2. The number of aliphatic imine (C=N–C) groups is 1. The summed E-state index contributed by atoms with van der Waals surface area (Å²) >= 11 is 0. The molecule has 0 fully saturated rings. The summed E-state index contributed by atoms with van der Waals surface area (Å²) in [6, 6.07) is 2.17. The van der Waals surface area contributed by atoms with E-state index >= 15 is 0 Å². The first-order valence-corrected chi connectivity index (χ1v) is 5.75. The molecule has 2 rings (SSSR count). The van der Waals surface area contributed by atoms with Gasteiger partial charge in [-0.05, 0) is 18.7 Å². The van der Waals surface area contributed by atoms with Crippen LogP contribution < -0.4 is 5.73 Å². The summed E-state index contributed by atoms with van der Waals surface area (Å²) in [7, 11) is 3.87. The van der Waals surface area contributed by atoms with Crippen molar-refractivity contribution in [1.82, 2.24) is 9.88 Å². The summed E-state index contributed by atoms with van der Waals surface area (Å²) in [6.07, 6.45) is 6.24. The SMILES string of the molecule is CN=C/C(=C\N)c1cnc2c(c1)CN(C)CC2. The number of aromatic nitrogens is 1. The fourth-order valence-electron chi connectivity index (χ4n) is 2.08. The Morgan fingerprint density at radius 3 is 3.12 bits per heavy atom. The topological polar surface area (TPSA) is 54.5 Å². The van der Waals surface area contributed by atoms with Gasteiger partial charge in [-0.2, -0.15) is 0 Å². The van der Waals surface area contributed by atoms with Crippen LogP contribution in [0.15, 0.2) is 23.5 Å². The Morgan fingerprint density at radius 1 is 1.59 bits per heavy atom. The molecule has 1 aromatic heterocycles. The van der Waals surface area contributed by atoms with Crippen molar-refractivity contribution in [3.8, 4) is 0 Å². The quantitative estimate of drug-likeness (QED) is 0.773. The number of hydrogen-bond acceptors (Lipinski definition) is 4. The number of hydrogen-bond donors (Lipinski definition) is 1. The molecule has 0 unspecified atom stereocenters. The van der Waals surface area contributed by atoms with Crippen LogP contribution in [0.25, 0.3) is 5.57 Å².